The van der Waals surface area contributed by atoms with Crippen molar-refractivity contribution >= 4 is 0 Å². The van der Waals surface area contributed by atoms with E-state index in [1.165, 1.54) is 57.2 Å². The predicted molar refractivity (Wildman–Crippen MR) is 87.9 cm³/mol. The molecule has 1 aliphatic carbocycles. The van der Waals surface area contributed by atoms with Crippen LogP contribution in [-0.2, 0) is 6.42 Å². The third-order valence-corrected chi connectivity index (χ3v) is 5.00. The zero-order chi connectivity index (χ0) is 14.2. The Hall–Kier alpha value is -0.820. The zero-order valence-corrected chi connectivity index (χ0v) is 13.3. The Balaban J connectivity index is 1.94. The molecule has 1 N–H and O–H groups in total. The minimum absolute atomic E-state index is 0.875. The summed E-state index contributed by atoms with van der Waals surface area (Å²) in [5, 5.41) is 3.65. The fourth-order valence-corrected chi connectivity index (χ4v) is 3.69. The topological polar surface area (TPSA) is 12.0 Å². The third-order valence-electron chi connectivity index (χ3n) is 5.00. The number of hydrogen-bond donors (Lipinski definition) is 1. The van der Waals surface area contributed by atoms with Crippen LogP contribution in [0, 0.1) is 17.8 Å². The molecule has 3 atom stereocenters. The molecular formula is C19H31N. The van der Waals surface area contributed by atoms with E-state index in [1.54, 1.807) is 0 Å². The molecule has 0 amide bonds. The first-order valence-electron chi connectivity index (χ1n) is 8.58. The fraction of sp³-hybridized carbons (Fsp3) is 0.684. The minimum atomic E-state index is 0.875. The van der Waals surface area contributed by atoms with Gasteiger partial charge in [-0.2, -0.15) is 0 Å². The van der Waals surface area contributed by atoms with Gasteiger partial charge in [-0.3, -0.25) is 0 Å². The molecule has 112 valence electrons. The Morgan fingerprint density at radius 1 is 1.05 bits per heavy atom. The maximum absolute atomic E-state index is 3.65. The number of hydrogen-bond acceptors (Lipinski definition) is 1. The molecule has 0 saturated heterocycles. The van der Waals surface area contributed by atoms with Gasteiger partial charge in [-0.15, -0.1) is 0 Å². The van der Waals surface area contributed by atoms with E-state index >= 15 is 0 Å². The lowest BCUT2D eigenvalue weighted by Gasteiger charge is -2.36. The first kappa shape index (κ1) is 15.6. The molecule has 20 heavy (non-hydrogen) atoms. The second kappa shape index (κ2) is 8.46. The summed E-state index contributed by atoms with van der Waals surface area (Å²) in [6.45, 7) is 7.01. The van der Waals surface area contributed by atoms with Crippen molar-refractivity contribution in [3.63, 3.8) is 0 Å². The molecule has 0 spiro atoms. The summed E-state index contributed by atoms with van der Waals surface area (Å²) in [6.07, 6.45) is 8.18. The van der Waals surface area contributed by atoms with Gasteiger partial charge in [0.2, 0.25) is 0 Å². The molecular weight excluding hydrogens is 242 g/mol. The van der Waals surface area contributed by atoms with E-state index in [4.69, 9.17) is 0 Å². The molecule has 1 saturated carbocycles. The van der Waals surface area contributed by atoms with Crippen LogP contribution in [0.2, 0.25) is 0 Å². The molecule has 1 nitrogen and oxygen atoms in total. The Kier molecular flexibility index (Phi) is 6.59. The molecule has 0 radical (unpaired) electrons. The maximum Gasteiger partial charge on any atom is -0.00178 e. The lowest BCUT2D eigenvalue weighted by atomic mass is 9.71. The van der Waals surface area contributed by atoms with Gasteiger partial charge >= 0.3 is 0 Å². The highest BCUT2D eigenvalue weighted by Gasteiger charge is 2.29. The monoisotopic (exact) mass is 273 g/mol. The van der Waals surface area contributed by atoms with Crippen molar-refractivity contribution in [2.24, 2.45) is 17.8 Å². The largest absolute Gasteiger partial charge is 0.316 e. The van der Waals surface area contributed by atoms with Crippen LogP contribution < -0.4 is 5.32 Å². The highest BCUT2D eigenvalue weighted by molar-refractivity contribution is 5.15. The summed E-state index contributed by atoms with van der Waals surface area (Å²) >= 11 is 0. The zero-order valence-electron chi connectivity index (χ0n) is 13.3. The summed E-state index contributed by atoms with van der Waals surface area (Å²) in [4.78, 5) is 0. The molecule has 0 aliphatic heterocycles. The molecule has 1 fully saturated rings. The fourth-order valence-electron chi connectivity index (χ4n) is 3.69. The van der Waals surface area contributed by atoms with E-state index < -0.39 is 0 Å². The molecule has 1 aliphatic rings. The average molecular weight is 273 g/mol. The summed E-state index contributed by atoms with van der Waals surface area (Å²) in [6, 6.07) is 11.1. The van der Waals surface area contributed by atoms with Crippen LogP contribution in [0.1, 0.15) is 51.5 Å². The van der Waals surface area contributed by atoms with Gasteiger partial charge in [0.05, 0.1) is 0 Å². The van der Waals surface area contributed by atoms with Gasteiger partial charge in [-0.25, -0.2) is 0 Å². The van der Waals surface area contributed by atoms with Crippen molar-refractivity contribution in [3.05, 3.63) is 35.9 Å². The first-order valence-corrected chi connectivity index (χ1v) is 8.58. The lowest BCUT2D eigenvalue weighted by Crippen LogP contribution is -2.34. The van der Waals surface area contributed by atoms with Crippen LogP contribution in [0.15, 0.2) is 30.3 Å². The smallest absolute Gasteiger partial charge is 0.00178 e. The predicted octanol–water partition coefficient (Wildman–Crippen LogP) is 4.67. The number of benzene rings is 1. The Labute approximate surface area is 125 Å². The van der Waals surface area contributed by atoms with Crippen LogP contribution in [0.4, 0.5) is 0 Å². The quantitative estimate of drug-likeness (QED) is 0.712. The molecule has 1 aromatic carbocycles. The van der Waals surface area contributed by atoms with E-state index in [-0.39, 0.29) is 0 Å². The van der Waals surface area contributed by atoms with Gasteiger partial charge in [0, 0.05) is 0 Å². The molecule has 0 bridgehead atoms. The molecule has 1 aromatic rings. The number of nitrogens with one attached hydrogen (secondary N) is 1. The van der Waals surface area contributed by atoms with Crippen molar-refractivity contribution in [2.45, 2.75) is 52.4 Å². The highest BCUT2D eigenvalue weighted by atomic mass is 14.9. The summed E-state index contributed by atoms with van der Waals surface area (Å²) < 4.78 is 0. The van der Waals surface area contributed by atoms with Gasteiger partial charge in [-0.1, -0.05) is 57.0 Å². The molecule has 0 aromatic heterocycles. The Morgan fingerprint density at radius 3 is 2.55 bits per heavy atom. The minimum Gasteiger partial charge on any atom is -0.316 e. The van der Waals surface area contributed by atoms with Crippen molar-refractivity contribution in [1.82, 2.24) is 5.32 Å². The lowest BCUT2D eigenvalue weighted by molar-refractivity contribution is 0.171. The summed E-state index contributed by atoms with van der Waals surface area (Å²) in [5.41, 5.74) is 1.52. The SMILES string of the molecule is CCCNCC1CCC(CC)CC1Cc1ccccc1. The molecule has 1 heteroatoms. The van der Waals surface area contributed by atoms with E-state index in [0.29, 0.717) is 0 Å². The van der Waals surface area contributed by atoms with Crippen molar-refractivity contribution in [3.8, 4) is 0 Å². The standard InChI is InChI=1S/C19H31N/c1-3-12-20-15-18-11-10-16(4-2)13-19(18)14-17-8-6-5-7-9-17/h5-9,16,18-20H,3-4,10-15H2,1-2H3. The average Bonchev–Trinajstić information content (AvgIpc) is 2.50. The summed E-state index contributed by atoms with van der Waals surface area (Å²) in [7, 11) is 0. The van der Waals surface area contributed by atoms with Crippen LogP contribution in [0.5, 0.6) is 0 Å². The van der Waals surface area contributed by atoms with Gasteiger partial charge in [-0.05, 0) is 62.1 Å². The van der Waals surface area contributed by atoms with Gasteiger partial charge in [0.15, 0.2) is 0 Å². The second-order valence-corrected chi connectivity index (χ2v) is 6.50. The van der Waals surface area contributed by atoms with Crippen LogP contribution in [0.25, 0.3) is 0 Å². The Bertz CT molecular complexity index is 357. The van der Waals surface area contributed by atoms with E-state index in [9.17, 15) is 0 Å². The van der Waals surface area contributed by atoms with Crippen LogP contribution >= 0.6 is 0 Å². The first-order chi connectivity index (χ1) is 9.83. The van der Waals surface area contributed by atoms with Crippen LogP contribution in [-0.4, -0.2) is 13.1 Å². The molecule has 0 heterocycles. The van der Waals surface area contributed by atoms with Crippen LogP contribution in [0.3, 0.4) is 0 Å². The normalized spacial score (nSPS) is 26.6. The summed E-state index contributed by atoms with van der Waals surface area (Å²) in [5.74, 6) is 2.72. The van der Waals surface area contributed by atoms with Crippen molar-refractivity contribution < 1.29 is 0 Å². The second-order valence-electron chi connectivity index (χ2n) is 6.50. The van der Waals surface area contributed by atoms with Gasteiger partial charge in [0.1, 0.15) is 0 Å². The van der Waals surface area contributed by atoms with Gasteiger partial charge in [0.25, 0.3) is 0 Å². The molecule has 2 rings (SSSR count). The van der Waals surface area contributed by atoms with Crippen molar-refractivity contribution in [1.29, 1.82) is 0 Å². The van der Waals surface area contributed by atoms with E-state index in [0.717, 1.165) is 17.8 Å². The Morgan fingerprint density at radius 2 is 1.85 bits per heavy atom. The van der Waals surface area contributed by atoms with Gasteiger partial charge < -0.3 is 5.32 Å². The highest BCUT2D eigenvalue weighted by Crippen LogP contribution is 2.37. The molecule has 3 unspecified atom stereocenters. The van der Waals surface area contributed by atoms with E-state index in [1.807, 2.05) is 0 Å². The number of rotatable bonds is 7. The maximum atomic E-state index is 3.65. The van der Waals surface area contributed by atoms with Crippen molar-refractivity contribution in [2.75, 3.05) is 13.1 Å². The van der Waals surface area contributed by atoms with E-state index in [2.05, 4.69) is 49.5 Å². The third kappa shape index (κ3) is 4.63.